The molecule has 0 spiro atoms. The Hall–Kier alpha value is -3.72. The van der Waals surface area contributed by atoms with Crippen LogP contribution < -0.4 is 20.3 Å². The Morgan fingerprint density at radius 1 is 1.15 bits per heavy atom. The number of carbonyl (C=O) groups is 1. The summed E-state index contributed by atoms with van der Waals surface area (Å²) in [6.45, 7) is 4.05. The molecule has 8 nitrogen and oxygen atoms in total. The van der Waals surface area contributed by atoms with Crippen LogP contribution in [-0.2, 0) is 11.8 Å². The van der Waals surface area contributed by atoms with Crippen molar-refractivity contribution >= 4 is 34.4 Å². The van der Waals surface area contributed by atoms with E-state index in [1.165, 1.54) is 11.8 Å². The maximum absolute atomic E-state index is 13.5. The predicted octanol–water partition coefficient (Wildman–Crippen LogP) is 4.44. The van der Waals surface area contributed by atoms with Gasteiger partial charge < -0.3 is 19.4 Å². The third kappa shape index (κ3) is 4.03. The van der Waals surface area contributed by atoms with Crippen molar-refractivity contribution in [3.05, 3.63) is 65.1 Å². The van der Waals surface area contributed by atoms with Gasteiger partial charge in [-0.3, -0.25) is 14.2 Å². The number of nitrogens with zero attached hydrogens (tertiary/aromatic N) is 3. The van der Waals surface area contributed by atoms with Crippen molar-refractivity contribution < 1.29 is 14.3 Å². The van der Waals surface area contributed by atoms with Crippen LogP contribution in [0.15, 0.2) is 64.7 Å². The Kier molecular flexibility index (Phi) is 5.79. The van der Waals surface area contributed by atoms with Crippen molar-refractivity contribution in [1.82, 2.24) is 14.1 Å². The molecule has 1 amide bonds. The molecule has 0 saturated heterocycles. The molecular formula is C25H24N4O4S. The molecule has 0 bridgehead atoms. The number of amides is 1. The molecule has 5 rings (SSSR count). The van der Waals surface area contributed by atoms with Gasteiger partial charge in [0.15, 0.2) is 16.7 Å². The van der Waals surface area contributed by atoms with Crippen LogP contribution in [0.5, 0.6) is 11.5 Å². The number of rotatable bonds is 6. The van der Waals surface area contributed by atoms with Crippen LogP contribution in [0.3, 0.4) is 0 Å². The quantitative estimate of drug-likeness (QED) is 0.327. The Morgan fingerprint density at radius 2 is 1.91 bits per heavy atom. The molecular weight excluding hydrogens is 452 g/mol. The largest absolute Gasteiger partial charge is 0.454 e. The zero-order chi connectivity index (χ0) is 23.8. The normalized spacial score (nSPS) is 12.5. The van der Waals surface area contributed by atoms with E-state index in [1.54, 1.807) is 22.8 Å². The van der Waals surface area contributed by atoms with Gasteiger partial charge in [0.25, 0.3) is 5.56 Å². The molecule has 1 aliphatic rings. The van der Waals surface area contributed by atoms with Crippen molar-refractivity contribution in [2.45, 2.75) is 25.0 Å². The van der Waals surface area contributed by atoms with Crippen LogP contribution in [0, 0.1) is 0 Å². The molecule has 0 saturated carbocycles. The molecule has 1 aliphatic heterocycles. The van der Waals surface area contributed by atoms with Crippen LogP contribution in [0.4, 0.5) is 5.69 Å². The monoisotopic (exact) mass is 476 g/mol. The van der Waals surface area contributed by atoms with Crippen LogP contribution >= 0.6 is 11.8 Å². The topological polar surface area (TPSA) is 87.4 Å². The lowest BCUT2D eigenvalue weighted by Crippen LogP contribution is -2.26. The molecule has 0 unspecified atom stereocenters. The summed E-state index contributed by atoms with van der Waals surface area (Å²) in [5.74, 6) is 1.16. The van der Waals surface area contributed by atoms with Crippen LogP contribution in [-0.4, -0.2) is 32.6 Å². The lowest BCUT2D eigenvalue weighted by atomic mass is 10.1. The van der Waals surface area contributed by atoms with Crippen LogP contribution in [0.25, 0.3) is 22.2 Å². The first kappa shape index (κ1) is 22.1. The predicted molar refractivity (Wildman–Crippen MR) is 133 cm³/mol. The average Bonchev–Trinajstić information content (AvgIpc) is 3.42. The molecule has 9 heteroatoms. The second-order valence-electron chi connectivity index (χ2n) is 8.29. The summed E-state index contributed by atoms with van der Waals surface area (Å²) in [5.41, 5.74) is 3.55. The minimum absolute atomic E-state index is 0.104. The van der Waals surface area contributed by atoms with Crippen molar-refractivity contribution in [2.75, 3.05) is 17.9 Å². The molecule has 34 heavy (non-hydrogen) atoms. The lowest BCUT2D eigenvalue weighted by molar-refractivity contribution is -0.113. The van der Waals surface area contributed by atoms with Gasteiger partial charge in [-0.2, -0.15) is 0 Å². The number of hydrogen-bond acceptors (Lipinski definition) is 6. The Morgan fingerprint density at radius 3 is 2.68 bits per heavy atom. The van der Waals surface area contributed by atoms with Gasteiger partial charge in [0.05, 0.1) is 5.75 Å². The zero-order valence-corrected chi connectivity index (χ0v) is 19.9. The molecule has 0 radical (unpaired) electrons. The zero-order valence-electron chi connectivity index (χ0n) is 19.1. The third-order valence-corrected chi connectivity index (χ3v) is 6.53. The molecule has 0 atom stereocenters. The molecule has 2 aromatic heterocycles. The third-order valence-electron chi connectivity index (χ3n) is 5.58. The molecule has 0 aliphatic carbocycles. The van der Waals surface area contributed by atoms with Gasteiger partial charge in [0.2, 0.25) is 12.7 Å². The first-order valence-corrected chi connectivity index (χ1v) is 11.9. The Labute approximate surface area is 200 Å². The number of fused-ring (bicyclic) bond motifs is 2. The summed E-state index contributed by atoms with van der Waals surface area (Å²) < 4.78 is 14.1. The second-order valence-corrected chi connectivity index (χ2v) is 9.23. The van der Waals surface area contributed by atoms with Crippen molar-refractivity contribution in [3.63, 3.8) is 0 Å². The number of anilines is 1. The first-order valence-electron chi connectivity index (χ1n) is 10.9. The fourth-order valence-electron chi connectivity index (χ4n) is 4.02. The van der Waals surface area contributed by atoms with Gasteiger partial charge in [-0.25, -0.2) is 4.98 Å². The summed E-state index contributed by atoms with van der Waals surface area (Å²) in [7, 11) is 1.86. The van der Waals surface area contributed by atoms with Crippen LogP contribution in [0.2, 0.25) is 0 Å². The number of hydrogen-bond donors (Lipinski definition) is 1. The molecule has 2 aromatic carbocycles. The molecule has 1 N–H and O–H groups in total. The number of thioether (sulfide) groups is 1. The van der Waals surface area contributed by atoms with Gasteiger partial charge in [-0.05, 0) is 31.5 Å². The van der Waals surface area contributed by atoms with Crippen LogP contribution in [0.1, 0.15) is 19.9 Å². The molecule has 3 heterocycles. The summed E-state index contributed by atoms with van der Waals surface area (Å²) in [6, 6.07) is 15.0. The van der Waals surface area contributed by atoms with E-state index in [1.807, 2.05) is 62.0 Å². The van der Waals surface area contributed by atoms with E-state index in [9.17, 15) is 9.59 Å². The fraction of sp³-hybridized carbons (Fsp3) is 0.240. The summed E-state index contributed by atoms with van der Waals surface area (Å²) in [6.07, 6.45) is 1.93. The highest BCUT2D eigenvalue weighted by molar-refractivity contribution is 7.99. The van der Waals surface area contributed by atoms with E-state index in [-0.39, 0.29) is 30.1 Å². The van der Waals surface area contributed by atoms with E-state index in [0.29, 0.717) is 33.4 Å². The van der Waals surface area contributed by atoms with E-state index < -0.39 is 0 Å². The van der Waals surface area contributed by atoms with Crippen molar-refractivity contribution in [2.24, 2.45) is 7.05 Å². The highest BCUT2D eigenvalue weighted by atomic mass is 32.2. The van der Waals surface area contributed by atoms with Crippen molar-refractivity contribution in [3.8, 4) is 22.6 Å². The van der Waals surface area contributed by atoms with E-state index >= 15 is 0 Å². The summed E-state index contributed by atoms with van der Waals surface area (Å²) in [4.78, 5) is 31.0. The molecule has 174 valence electrons. The summed E-state index contributed by atoms with van der Waals surface area (Å²) >= 11 is 1.24. The Bertz CT molecular complexity index is 1440. The number of nitrogens with one attached hydrogen (secondary N) is 1. The van der Waals surface area contributed by atoms with Crippen molar-refractivity contribution in [1.29, 1.82) is 0 Å². The lowest BCUT2D eigenvalue weighted by Gasteiger charge is -2.16. The number of aryl methyl sites for hydroxylation is 1. The number of aromatic nitrogens is 3. The molecule has 4 aromatic rings. The maximum atomic E-state index is 13.5. The smallest absolute Gasteiger partial charge is 0.278 e. The minimum atomic E-state index is -0.204. The minimum Gasteiger partial charge on any atom is -0.454 e. The van der Waals surface area contributed by atoms with Gasteiger partial charge >= 0.3 is 0 Å². The highest BCUT2D eigenvalue weighted by Crippen LogP contribution is 2.34. The number of benzene rings is 2. The fourth-order valence-corrected chi connectivity index (χ4v) is 4.94. The summed E-state index contributed by atoms with van der Waals surface area (Å²) in [5, 5.41) is 3.38. The van der Waals surface area contributed by atoms with Gasteiger partial charge in [-0.1, -0.05) is 42.1 Å². The maximum Gasteiger partial charge on any atom is 0.278 e. The highest BCUT2D eigenvalue weighted by Gasteiger charge is 2.21. The molecule has 0 fully saturated rings. The number of ether oxygens (including phenoxy) is 2. The van der Waals surface area contributed by atoms with E-state index in [2.05, 4.69) is 5.32 Å². The SMILES string of the molecule is CC(C)n1c(SCC(=O)Nc2ccc3c(c2)OCO3)nc2c(-c3ccccc3)cn(C)c2c1=O. The average molecular weight is 477 g/mol. The second kappa shape index (κ2) is 8.90. The van der Waals surface area contributed by atoms with E-state index in [4.69, 9.17) is 14.5 Å². The first-order chi connectivity index (χ1) is 16.4. The van der Waals surface area contributed by atoms with E-state index in [0.717, 1.165) is 11.1 Å². The Balaban J connectivity index is 1.45. The number of carbonyl (C=O) groups excluding carboxylic acids is 1. The van der Waals surface area contributed by atoms with Gasteiger partial charge in [-0.15, -0.1) is 0 Å². The van der Waals surface area contributed by atoms with Gasteiger partial charge in [0.1, 0.15) is 11.0 Å². The standard InChI is InChI=1S/C25H24N4O4S/c1-15(2)29-24(31)23-22(18(12-28(23)3)16-7-5-4-6-8-16)27-25(29)34-13-21(30)26-17-9-10-19-20(11-17)33-14-32-19/h4-12,15H,13-14H2,1-3H3,(H,26,30). The van der Waals surface area contributed by atoms with Gasteiger partial charge in [0, 0.05) is 36.6 Å².